The second kappa shape index (κ2) is 8.30. The molecule has 2 heterocycles. The first-order valence-corrected chi connectivity index (χ1v) is 9.63. The van der Waals surface area contributed by atoms with Crippen LogP contribution in [0.15, 0.2) is 30.5 Å². The van der Waals surface area contributed by atoms with Gasteiger partial charge in [-0.15, -0.1) is 0 Å². The van der Waals surface area contributed by atoms with Crippen molar-refractivity contribution in [3.8, 4) is 6.07 Å². The molecule has 1 aromatic heterocycles. The average molecular weight is 377 g/mol. The van der Waals surface area contributed by atoms with E-state index >= 15 is 0 Å². The number of nitrogens with one attached hydrogen (secondary N) is 1. The first-order chi connectivity index (χ1) is 13.4. The summed E-state index contributed by atoms with van der Waals surface area (Å²) in [5.74, 6) is 1.41. The SMILES string of the molecule is Cc1cc(NC(=O)c2ccc(N3CCC(C)CC3)nc2)c(C#N)cc1N(C)C. The number of carbonyl (C=O) groups excluding carboxylic acids is 1. The molecular weight excluding hydrogens is 350 g/mol. The Morgan fingerprint density at radius 1 is 1.29 bits per heavy atom. The Morgan fingerprint density at radius 2 is 2.00 bits per heavy atom. The van der Waals surface area contributed by atoms with Crippen LogP contribution in [0.2, 0.25) is 0 Å². The summed E-state index contributed by atoms with van der Waals surface area (Å²) in [6.45, 7) is 6.24. The molecule has 6 nitrogen and oxygen atoms in total. The Bertz CT molecular complexity index is 890. The molecule has 2 aromatic rings. The minimum atomic E-state index is -0.264. The van der Waals surface area contributed by atoms with E-state index in [-0.39, 0.29) is 5.91 Å². The summed E-state index contributed by atoms with van der Waals surface area (Å²) in [6.07, 6.45) is 3.95. The number of amides is 1. The van der Waals surface area contributed by atoms with Crippen LogP contribution in [-0.2, 0) is 0 Å². The lowest BCUT2D eigenvalue weighted by molar-refractivity contribution is 0.102. The monoisotopic (exact) mass is 377 g/mol. The summed E-state index contributed by atoms with van der Waals surface area (Å²) in [6, 6.07) is 9.49. The van der Waals surface area contributed by atoms with Crippen LogP contribution in [0.1, 0.15) is 41.3 Å². The number of piperidine rings is 1. The van der Waals surface area contributed by atoms with E-state index in [9.17, 15) is 10.1 Å². The van der Waals surface area contributed by atoms with Gasteiger partial charge in [0.2, 0.25) is 0 Å². The molecule has 0 aliphatic carbocycles. The number of nitriles is 1. The molecule has 1 saturated heterocycles. The molecule has 146 valence electrons. The maximum atomic E-state index is 12.7. The Kier molecular flexibility index (Phi) is 5.84. The summed E-state index contributed by atoms with van der Waals surface area (Å²) in [7, 11) is 3.86. The molecule has 0 radical (unpaired) electrons. The first-order valence-electron chi connectivity index (χ1n) is 9.63. The van der Waals surface area contributed by atoms with Gasteiger partial charge in [-0.1, -0.05) is 6.92 Å². The third-order valence-corrected chi connectivity index (χ3v) is 5.30. The zero-order valence-electron chi connectivity index (χ0n) is 17.0. The van der Waals surface area contributed by atoms with Gasteiger partial charge in [0, 0.05) is 39.1 Å². The standard InChI is InChI=1S/C22H27N5O/c1-15-7-9-27(10-8-15)21-6-5-17(14-24-21)22(28)25-19-11-16(2)20(26(3)4)12-18(19)13-23/h5-6,11-12,14-15H,7-10H2,1-4H3,(H,25,28). The molecule has 0 unspecified atom stereocenters. The Hall–Kier alpha value is -3.07. The van der Waals surface area contributed by atoms with Crippen molar-refractivity contribution < 1.29 is 4.79 Å². The van der Waals surface area contributed by atoms with Crippen LogP contribution in [0.5, 0.6) is 0 Å². The van der Waals surface area contributed by atoms with Crippen LogP contribution < -0.4 is 15.1 Å². The summed E-state index contributed by atoms with van der Waals surface area (Å²) in [5, 5.41) is 12.3. The molecule has 0 atom stereocenters. The predicted molar refractivity (Wildman–Crippen MR) is 113 cm³/mol. The number of aromatic nitrogens is 1. The highest BCUT2D eigenvalue weighted by Gasteiger charge is 2.18. The largest absolute Gasteiger partial charge is 0.377 e. The summed E-state index contributed by atoms with van der Waals surface area (Å²) >= 11 is 0. The highest BCUT2D eigenvalue weighted by Crippen LogP contribution is 2.27. The van der Waals surface area contributed by atoms with Gasteiger partial charge >= 0.3 is 0 Å². The van der Waals surface area contributed by atoms with Crippen molar-refractivity contribution in [1.82, 2.24) is 4.98 Å². The number of rotatable bonds is 4. The summed E-state index contributed by atoms with van der Waals surface area (Å²) < 4.78 is 0. The summed E-state index contributed by atoms with van der Waals surface area (Å²) in [4.78, 5) is 21.4. The van der Waals surface area contributed by atoms with E-state index in [1.165, 1.54) is 12.8 Å². The van der Waals surface area contributed by atoms with Crippen molar-refractivity contribution in [2.24, 2.45) is 5.92 Å². The number of anilines is 3. The maximum Gasteiger partial charge on any atom is 0.257 e. The minimum absolute atomic E-state index is 0.264. The Balaban J connectivity index is 1.75. The van der Waals surface area contributed by atoms with E-state index in [0.29, 0.717) is 16.8 Å². The van der Waals surface area contributed by atoms with Crippen LogP contribution >= 0.6 is 0 Å². The first kappa shape index (κ1) is 19.7. The van der Waals surface area contributed by atoms with Gasteiger partial charge in [0.15, 0.2) is 0 Å². The van der Waals surface area contributed by atoms with E-state index < -0.39 is 0 Å². The lowest BCUT2D eigenvalue weighted by Crippen LogP contribution is -2.33. The topological polar surface area (TPSA) is 72.3 Å². The van der Waals surface area contributed by atoms with E-state index in [2.05, 4.69) is 28.2 Å². The number of hydrogen-bond acceptors (Lipinski definition) is 5. The zero-order valence-corrected chi connectivity index (χ0v) is 17.0. The number of carbonyl (C=O) groups is 1. The van der Waals surface area contributed by atoms with Crippen LogP contribution in [0.3, 0.4) is 0 Å². The molecule has 1 aliphatic heterocycles. The maximum absolute atomic E-state index is 12.7. The smallest absolute Gasteiger partial charge is 0.257 e. The van der Waals surface area contributed by atoms with Gasteiger partial charge in [-0.2, -0.15) is 5.26 Å². The van der Waals surface area contributed by atoms with Gasteiger partial charge in [0.25, 0.3) is 5.91 Å². The molecule has 28 heavy (non-hydrogen) atoms. The van der Waals surface area contributed by atoms with Crippen LogP contribution in [0.4, 0.5) is 17.2 Å². The number of pyridine rings is 1. The quantitative estimate of drug-likeness (QED) is 0.877. The van der Waals surface area contributed by atoms with Gasteiger partial charge in [-0.3, -0.25) is 4.79 Å². The fourth-order valence-electron chi connectivity index (χ4n) is 3.51. The van der Waals surface area contributed by atoms with Crippen molar-refractivity contribution in [3.05, 3.63) is 47.2 Å². The molecule has 0 bridgehead atoms. The molecule has 1 fully saturated rings. The second-order valence-corrected chi connectivity index (χ2v) is 7.72. The lowest BCUT2D eigenvalue weighted by Gasteiger charge is -2.31. The van der Waals surface area contributed by atoms with Gasteiger partial charge in [-0.25, -0.2) is 4.98 Å². The fourth-order valence-corrected chi connectivity index (χ4v) is 3.51. The summed E-state index contributed by atoms with van der Waals surface area (Å²) in [5.41, 5.74) is 3.38. The molecule has 0 spiro atoms. The van der Waals surface area contributed by atoms with Crippen molar-refractivity contribution >= 4 is 23.1 Å². The zero-order chi connectivity index (χ0) is 20.3. The predicted octanol–water partition coefficient (Wildman–Crippen LogP) is 3.82. The minimum Gasteiger partial charge on any atom is -0.377 e. The Morgan fingerprint density at radius 3 is 2.57 bits per heavy atom. The molecule has 0 saturated carbocycles. The highest BCUT2D eigenvalue weighted by atomic mass is 16.1. The van der Waals surface area contributed by atoms with Crippen molar-refractivity contribution in [2.75, 3.05) is 42.3 Å². The number of benzene rings is 1. The number of nitrogens with zero attached hydrogens (tertiary/aromatic N) is 4. The van der Waals surface area contributed by atoms with Gasteiger partial charge < -0.3 is 15.1 Å². The van der Waals surface area contributed by atoms with Crippen molar-refractivity contribution in [2.45, 2.75) is 26.7 Å². The fraction of sp³-hybridized carbons (Fsp3) is 0.409. The number of hydrogen-bond donors (Lipinski definition) is 1. The third kappa shape index (κ3) is 4.25. The Labute approximate surface area is 166 Å². The normalized spacial score (nSPS) is 14.5. The molecule has 1 aromatic carbocycles. The van der Waals surface area contributed by atoms with Crippen molar-refractivity contribution in [1.29, 1.82) is 5.26 Å². The molecule has 1 amide bonds. The van der Waals surface area contributed by atoms with Crippen LogP contribution in [0.25, 0.3) is 0 Å². The highest BCUT2D eigenvalue weighted by molar-refractivity contribution is 6.05. The van der Waals surface area contributed by atoms with Crippen molar-refractivity contribution in [3.63, 3.8) is 0 Å². The van der Waals surface area contributed by atoms with Gasteiger partial charge in [0.05, 0.1) is 16.8 Å². The van der Waals surface area contributed by atoms with Gasteiger partial charge in [0.1, 0.15) is 11.9 Å². The molecule has 1 aliphatic rings. The van der Waals surface area contributed by atoms with Crippen LogP contribution in [0, 0.1) is 24.2 Å². The van der Waals surface area contributed by atoms with Crippen LogP contribution in [-0.4, -0.2) is 38.1 Å². The van der Waals surface area contributed by atoms with E-state index in [4.69, 9.17) is 0 Å². The molecular formula is C22H27N5O. The molecule has 1 N–H and O–H groups in total. The second-order valence-electron chi connectivity index (χ2n) is 7.72. The van der Waals surface area contributed by atoms with Gasteiger partial charge in [-0.05, 0) is 55.5 Å². The third-order valence-electron chi connectivity index (χ3n) is 5.30. The van der Waals surface area contributed by atoms with E-state index in [1.807, 2.05) is 38.1 Å². The van der Waals surface area contributed by atoms with E-state index in [1.54, 1.807) is 18.3 Å². The lowest BCUT2D eigenvalue weighted by atomic mass is 9.99. The number of aryl methyl sites for hydroxylation is 1. The molecule has 6 heteroatoms. The van der Waals surface area contributed by atoms with E-state index in [0.717, 1.165) is 36.1 Å². The average Bonchev–Trinajstić information content (AvgIpc) is 2.68. The molecule has 3 rings (SSSR count).